The minimum absolute atomic E-state index is 0.452. The molecule has 4 rings (SSSR count). The largest absolute Gasteiger partial charge is 0.387 e. The number of hydrogen-bond acceptors (Lipinski definition) is 3. The van der Waals surface area contributed by atoms with E-state index in [0.29, 0.717) is 5.92 Å². The maximum absolute atomic E-state index is 10.4. The quantitative estimate of drug-likeness (QED) is 0.922. The number of hydrogen-bond donors (Lipinski definition) is 1. The minimum atomic E-state index is -0.452. The summed E-state index contributed by atoms with van der Waals surface area (Å²) in [6, 6.07) is 8.21. The Balaban J connectivity index is 1.56. The summed E-state index contributed by atoms with van der Waals surface area (Å²) in [5, 5.41) is 19.7. The van der Waals surface area contributed by atoms with Crippen LogP contribution in [0.2, 0.25) is 0 Å². The van der Waals surface area contributed by atoms with Gasteiger partial charge in [0.2, 0.25) is 0 Å². The normalized spacial score (nSPS) is 21.6. The van der Waals surface area contributed by atoms with Gasteiger partial charge < -0.3 is 9.51 Å². The second-order valence-electron chi connectivity index (χ2n) is 6.16. The van der Waals surface area contributed by atoms with Gasteiger partial charge in [-0.25, -0.2) is 0 Å². The van der Waals surface area contributed by atoms with Crippen LogP contribution in [-0.4, -0.2) is 33.1 Å². The monoisotopic (exact) mass is 267 g/mol. The van der Waals surface area contributed by atoms with E-state index in [1.54, 1.807) is 0 Å². The van der Waals surface area contributed by atoms with Crippen LogP contribution in [0, 0.1) is 17.2 Å². The molecule has 4 heteroatoms. The molecule has 20 heavy (non-hydrogen) atoms. The number of aliphatic hydroxyl groups is 1. The number of rotatable bonds is 3. The van der Waals surface area contributed by atoms with Crippen LogP contribution in [0.3, 0.4) is 0 Å². The summed E-state index contributed by atoms with van der Waals surface area (Å²) in [5.74, 6) is 0.516. The first-order valence-electron chi connectivity index (χ1n) is 7.13. The molecule has 0 aromatic carbocycles. The van der Waals surface area contributed by atoms with Gasteiger partial charge in [0.15, 0.2) is 0 Å². The molecule has 1 N–H and O–H groups in total. The Bertz CT molecular complexity index is 702. The number of nitrogens with zero attached hydrogens (tertiary/aromatic N) is 3. The zero-order chi connectivity index (χ0) is 13.7. The molecule has 102 valence electrons. The van der Waals surface area contributed by atoms with Crippen LogP contribution in [0.4, 0.5) is 0 Å². The van der Waals surface area contributed by atoms with E-state index in [4.69, 9.17) is 0 Å². The third-order valence-electron chi connectivity index (χ3n) is 4.60. The van der Waals surface area contributed by atoms with E-state index in [0.717, 1.165) is 36.3 Å². The van der Waals surface area contributed by atoms with Crippen molar-refractivity contribution in [3.63, 3.8) is 0 Å². The zero-order valence-corrected chi connectivity index (χ0v) is 11.3. The SMILES string of the molecule is N#Cc1c(CN2CC(O)(C3CC3)C2)cn2ccccc12. The van der Waals surface area contributed by atoms with Crippen LogP contribution in [0.15, 0.2) is 30.6 Å². The van der Waals surface area contributed by atoms with Crippen molar-refractivity contribution in [2.24, 2.45) is 5.92 Å². The van der Waals surface area contributed by atoms with Crippen molar-refractivity contribution in [2.45, 2.75) is 25.0 Å². The summed E-state index contributed by atoms with van der Waals surface area (Å²) >= 11 is 0. The van der Waals surface area contributed by atoms with Crippen molar-refractivity contribution in [3.8, 4) is 6.07 Å². The predicted molar refractivity (Wildman–Crippen MR) is 75.1 cm³/mol. The van der Waals surface area contributed by atoms with Gasteiger partial charge in [0.25, 0.3) is 0 Å². The van der Waals surface area contributed by atoms with Crippen molar-refractivity contribution in [1.29, 1.82) is 5.26 Å². The van der Waals surface area contributed by atoms with Gasteiger partial charge in [-0.05, 0) is 30.9 Å². The molecule has 3 heterocycles. The standard InChI is InChI=1S/C16H17N3O/c17-7-14-12(9-19-6-2-1-3-15(14)19)8-18-10-16(20,11-18)13-4-5-13/h1-3,6,9,13,20H,4-5,8,10-11H2. The molecule has 0 spiro atoms. The third-order valence-corrected chi connectivity index (χ3v) is 4.60. The Kier molecular flexibility index (Phi) is 2.44. The van der Waals surface area contributed by atoms with Gasteiger partial charge in [-0.2, -0.15) is 5.26 Å². The fourth-order valence-electron chi connectivity index (χ4n) is 3.39. The highest BCUT2D eigenvalue weighted by molar-refractivity contribution is 5.65. The molecule has 2 aliphatic rings. The summed E-state index contributed by atoms with van der Waals surface area (Å²) in [7, 11) is 0. The van der Waals surface area contributed by atoms with Crippen molar-refractivity contribution in [3.05, 3.63) is 41.7 Å². The highest BCUT2D eigenvalue weighted by atomic mass is 16.3. The topological polar surface area (TPSA) is 51.7 Å². The Morgan fingerprint density at radius 2 is 2.15 bits per heavy atom. The van der Waals surface area contributed by atoms with E-state index in [-0.39, 0.29) is 0 Å². The smallest absolute Gasteiger partial charge is 0.102 e. The average molecular weight is 267 g/mol. The lowest BCUT2D eigenvalue weighted by molar-refractivity contribution is -0.116. The van der Waals surface area contributed by atoms with Crippen LogP contribution < -0.4 is 0 Å². The number of aromatic nitrogens is 1. The molecule has 1 saturated carbocycles. The fraction of sp³-hybridized carbons (Fsp3) is 0.438. The van der Waals surface area contributed by atoms with E-state index in [2.05, 4.69) is 11.0 Å². The lowest BCUT2D eigenvalue weighted by Gasteiger charge is -2.47. The third kappa shape index (κ3) is 1.75. The summed E-state index contributed by atoms with van der Waals surface area (Å²) in [5.41, 5.74) is 2.32. The van der Waals surface area contributed by atoms with E-state index in [1.807, 2.05) is 35.0 Å². The van der Waals surface area contributed by atoms with Gasteiger partial charge in [0.1, 0.15) is 6.07 Å². The van der Waals surface area contributed by atoms with Crippen molar-refractivity contribution in [1.82, 2.24) is 9.30 Å². The number of nitriles is 1. The molecular formula is C16H17N3O. The van der Waals surface area contributed by atoms with Crippen LogP contribution in [-0.2, 0) is 6.54 Å². The van der Waals surface area contributed by atoms with Crippen molar-refractivity contribution in [2.75, 3.05) is 13.1 Å². The molecule has 1 saturated heterocycles. The van der Waals surface area contributed by atoms with Crippen LogP contribution in [0.1, 0.15) is 24.0 Å². The summed E-state index contributed by atoms with van der Waals surface area (Å²) in [6.07, 6.45) is 6.34. The van der Waals surface area contributed by atoms with Crippen LogP contribution >= 0.6 is 0 Å². The van der Waals surface area contributed by atoms with Gasteiger partial charge in [-0.3, -0.25) is 4.90 Å². The van der Waals surface area contributed by atoms with E-state index in [1.165, 1.54) is 12.8 Å². The Hall–Kier alpha value is -1.83. The van der Waals surface area contributed by atoms with Crippen molar-refractivity contribution >= 4 is 5.52 Å². The number of β-amino-alcohol motifs (C(OH)–C–C–N with tert-alkyl or cyclic N) is 1. The molecule has 2 fully saturated rings. The highest BCUT2D eigenvalue weighted by Crippen LogP contribution is 2.44. The molecule has 0 radical (unpaired) electrons. The predicted octanol–water partition coefficient (Wildman–Crippen LogP) is 1.77. The molecule has 4 nitrogen and oxygen atoms in total. The van der Waals surface area contributed by atoms with Gasteiger partial charge >= 0.3 is 0 Å². The second-order valence-corrected chi connectivity index (χ2v) is 6.16. The Labute approximate surface area is 117 Å². The molecule has 0 atom stereocenters. The molecular weight excluding hydrogens is 250 g/mol. The van der Waals surface area contributed by atoms with Crippen molar-refractivity contribution < 1.29 is 5.11 Å². The Morgan fingerprint density at radius 3 is 2.85 bits per heavy atom. The van der Waals surface area contributed by atoms with E-state index >= 15 is 0 Å². The van der Waals surface area contributed by atoms with E-state index < -0.39 is 5.60 Å². The maximum atomic E-state index is 10.4. The van der Waals surface area contributed by atoms with Crippen LogP contribution in [0.5, 0.6) is 0 Å². The lowest BCUT2D eigenvalue weighted by atomic mass is 9.88. The molecule has 0 unspecified atom stereocenters. The fourth-order valence-corrected chi connectivity index (χ4v) is 3.39. The first kappa shape index (κ1) is 12.0. The molecule has 0 bridgehead atoms. The minimum Gasteiger partial charge on any atom is -0.387 e. The number of likely N-dealkylation sites (tertiary alicyclic amines) is 1. The molecule has 1 aliphatic heterocycles. The van der Waals surface area contributed by atoms with Gasteiger partial charge in [-0.1, -0.05) is 6.07 Å². The Morgan fingerprint density at radius 1 is 1.35 bits per heavy atom. The summed E-state index contributed by atoms with van der Waals surface area (Å²) in [4.78, 5) is 2.23. The average Bonchev–Trinajstić information content (AvgIpc) is 3.19. The highest BCUT2D eigenvalue weighted by Gasteiger charge is 2.51. The first-order valence-corrected chi connectivity index (χ1v) is 7.13. The van der Waals surface area contributed by atoms with Gasteiger partial charge in [-0.15, -0.1) is 0 Å². The van der Waals surface area contributed by atoms with Crippen LogP contribution in [0.25, 0.3) is 5.52 Å². The summed E-state index contributed by atoms with van der Waals surface area (Å²) < 4.78 is 2.00. The summed E-state index contributed by atoms with van der Waals surface area (Å²) in [6.45, 7) is 2.24. The first-order chi connectivity index (χ1) is 9.69. The second kappa shape index (κ2) is 4.08. The van der Waals surface area contributed by atoms with E-state index in [9.17, 15) is 10.4 Å². The molecule has 2 aromatic rings. The zero-order valence-electron chi connectivity index (χ0n) is 11.3. The molecule has 2 aromatic heterocycles. The number of fused-ring (bicyclic) bond motifs is 1. The molecule has 1 aliphatic carbocycles. The van der Waals surface area contributed by atoms with Gasteiger partial charge in [0, 0.05) is 37.6 Å². The van der Waals surface area contributed by atoms with Gasteiger partial charge in [0.05, 0.1) is 16.7 Å². The number of pyridine rings is 1. The molecule has 0 amide bonds. The maximum Gasteiger partial charge on any atom is 0.102 e. The lowest BCUT2D eigenvalue weighted by Crippen LogP contribution is -2.62.